The molecule has 2 aromatic carbocycles. The van der Waals surface area contributed by atoms with Crippen LogP contribution in [-0.4, -0.2) is 27.7 Å². The molecule has 1 amide bonds. The second-order valence-electron chi connectivity index (χ2n) is 7.54. The molecule has 1 N–H and O–H groups in total. The zero-order valence-corrected chi connectivity index (χ0v) is 17.2. The minimum atomic E-state index is -3.22. The fraction of sp³-hybridized carbons (Fsp3) is 0.409. The lowest BCUT2D eigenvalue weighted by Gasteiger charge is -2.28. The fourth-order valence-electron chi connectivity index (χ4n) is 3.84. The number of amides is 1. The van der Waals surface area contributed by atoms with Crippen LogP contribution in [0.2, 0.25) is 0 Å². The Kier molecular flexibility index (Phi) is 6.39. The Morgan fingerprint density at radius 2 is 1.61 bits per heavy atom. The zero-order valence-electron chi connectivity index (χ0n) is 16.4. The van der Waals surface area contributed by atoms with E-state index in [-0.39, 0.29) is 10.8 Å². The van der Waals surface area contributed by atoms with Gasteiger partial charge in [0.2, 0.25) is 5.91 Å². The van der Waals surface area contributed by atoms with Crippen molar-refractivity contribution in [1.29, 1.82) is 0 Å². The first-order valence-electron chi connectivity index (χ1n) is 9.59. The Morgan fingerprint density at radius 1 is 1.00 bits per heavy atom. The first kappa shape index (κ1) is 20.4. The molecule has 0 atom stereocenters. The minimum Gasteiger partial charge on any atom is -0.497 e. The molecule has 1 aliphatic rings. The van der Waals surface area contributed by atoms with Crippen LogP contribution in [0.15, 0.2) is 53.4 Å². The van der Waals surface area contributed by atoms with Crippen molar-refractivity contribution in [2.75, 3.05) is 18.7 Å². The van der Waals surface area contributed by atoms with Crippen molar-refractivity contribution in [3.63, 3.8) is 0 Å². The number of nitrogens with one attached hydrogen (secondary N) is 1. The lowest BCUT2D eigenvalue weighted by molar-refractivity contribution is -0.117. The lowest BCUT2D eigenvalue weighted by atomic mass is 9.77. The maximum absolute atomic E-state index is 12.3. The van der Waals surface area contributed by atoms with Crippen LogP contribution in [0.5, 0.6) is 5.75 Å². The van der Waals surface area contributed by atoms with E-state index in [4.69, 9.17) is 4.74 Å². The van der Waals surface area contributed by atoms with Gasteiger partial charge in [-0.25, -0.2) is 8.42 Å². The molecule has 1 aliphatic carbocycles. The maximum atomic E-state index is 12.3. The molecule has 0 spiro atoms. The van der Waals surface area contributed by atoms with Crippen molar-refractivity contribution in [3.8, 4) is 5.75 Å². The van der Waals surface area contributed by atoms with Crippen LogP contribution in [0.3, 0.4) is 0 Å². The summed E-state index contributed by atoms with van der Waals surface area (Å²) in [4.78, 5) is 12.6. The monoisotopic (exact) mass is 401 g/mol. The number of carbonyl (C=O) groups excluding carboxylic acids is 1. The summed E-state index contributed by atoms with van der Waals surface area (Å²) in [6.07, 6.45) is 5.93. The summed E-state index contributed by atoms with van der Waals surface area (Å²) in [5.74, 6) is 1.80. The van der Waals surface area contributed by atoms with Crippen molar-refractivity contribution >= 4 is 21.4 Å². The highest BCUT2D eigenvalue weighted by Crippen LogP contribution is 2.37. The van der Waals surface area contributed by atoms with Crippen molar-refractivity contribution < 1.29 is 17.9 Å². The summed E-state index contributed by atoms with van der Waals surface area (Å²) in [6, 6.07) is 14.6. The van der Waals surface area contributed by atoms with Crippen LogP contribution in [-0.2, 0) is 14.6 Å². The third-order valence-corrected chi connectivity index (χ3v) is 6.60. The van der Waals surface area contributed by atoms with Gasteiger partial charge in [0.05, 0.1) is 12.0 Å². The van der Waals surface area contributed by atoms with Crippen molar-refractivity contribution in [1.82, 2.24) is 0 Å². The molecule has 0 aliphatic heterocycles. The van der Waals surface area contributed by atoms with E-state index < -0.39 is 9.84 Å². The van der Waals surface area contributed by atoms with E-state index in [0.717, 1.165) is 31.4 Å². The second kappa shape index (κ2) is 8.78. The molecule has 0 aromatic heterocycles. The largest absolute Gasteiger partial charge is 0.497 e. The van der Waals surface area contributed by atoms with E-state index in [0.29, 0.717) is 23.9 Å². The van der Waals surface area contributed by atoms with Crippen molar-refractivity contribution in [2.24, 2.45) is 5.92 Å². The summed E-state index contributed by atoms with van der Waals surface area (Å²) >= 11 is 0. The van der Waals surface area contributed by atoms with Crippen LogP contribution in [0.1, 0.15) is 43.6 Å². The predicted octanol–water partition coefficient (Wildman–Crippen LogP) is 4.40. The average molecular weight is 402 g/mol. The standard InChI is InChI=1S/C22H27NO4S/c1-27-20-11-7-18(8-12-20)17-5-3-16(4-6-17)15-22(24)23-19-9-13-21(14-10-19)28(2,25)26/h7-14,16-17H,3-6,15H2,1-2H3,(H,23,24)/t16-,17+. The molecule has 0 radical (unpaired) electrons. The number of rotatable bonds is 6. The summed E-state index contributed by atoms with van der Waals surface area (Å²) in [6.45, 7) is 0. The van der Waals surface area contributed by atoms with Gasteiger partial charge in [-0.2, -0.15) is 0 Å². The molecule has 2 aromatic rings. The quantitative estimate of drug-likeness (QED) is 0.779. The minimum absolute atomic E-state index is 0.0139. The highest BCUT2D eigenvalue weighted by atomic mass is 32.2. The normalized spacial score (nSPS) is 19.8. The molecule has 0 heterocycles. The van der Waals surface area contributed by atoms with Crippen LogP contribution in [0.25, 0.3) is 0 Å². The molecular weight excluding hydrogens is 374 g/mol. The number of hydrogen-bond acceptors (Lipinski definition) is 4. The SMILES string of the molecule is COc1ccc([C@H]2CC[C@@H](CC(=O)Nc3ccc(S(C)(=O)=O)cc3)CC2)cc1. The van der Waals surface area contributed by atoms with Crippen LogP contribution in [0.4, 0.5) is 5.69 Å². The molecule has 28 heavy (non-hydrogen) atoms. The van der Waals surface area contributed by atoms with Gasteiger partial charge in [-0.05, 0) is 79.5 Å². The van der Waals surface area contributed by atoms with Gasteiger partial charge in [0, 0.05) is 18.4 Å². The number of anilines is 1. The molecule has 5 nitrogen and oxygen atoms in total. The van der Waals surface area contributed by atoms with Gasteiger partial charge in [0.25, 0.3) is 0 Å². The number of ether oxygens (including phenoxy) is 1. The average Bonchev–Trinajstić information content (AvgIpc) is 2.68. The zero-order chi connectivity index (χ0) is 20.1. The number of methoxy groups -OCH3 is 1. The highest BCUT2D eigenvalue weighted by molar-refractivity contribution is 7.90. The Morgan fingerprint density at radius 3 is 2.14 bits per heavy atom. The van der Waals surface area contributed by atoms with Gasteiger partial charge in [-0.3, -0.25) is 4.79 Å². The van der Waals surface area contributed by atoms with Gasteiger partial charge in [0.1, 0.15) is 5.75 Å². The number of hydrogen-bond donors (Lipinski definition) is 1. The summed E-state index contributed by atoms with van der Waals surface area (Å²) in [5, 5.41) is 2.88. The van der Waals surface area contributed by atoms with E-state index in [1.807, 2.05) is 12.1 Å². The van der Waals surface area contributed by atoms with E-state index in [1.165, 1.54) is 24.0 Å². The molecule has 0 saturated heterocycles. The van der Waals surface area contributed by atoms with E-state index in [9.17, 15) is 13.2 Å². The molecule has 150 valence electrons. The number of benzene rings is 2. The van der Waals surface area contributed by atoms with Crippen molar-refractivity contribution in [2.45, 2.75) is 42.9 Å². The summed E-state index contributed by atoms with van der Waals surface area (Å²) < 4.78 is 28.2. The maximum Gasteiger partial charge on any atom is 0.224 e. The van der Waals surface area contributed by atoms with Crippen LogP contribution < -0.4 is 10.1 Å². The molecule has 1 saturated carbocycles. The number of sulfone groups is 1. The molecule has 6 heteroatoms. The molecule has 3 rings (SSSR count). The van der Waals surface area contributed by atoms with Gasteiger partial charge in [-0.1, -0.05) is 12.1 Å². The molecular formula is C22H27NO4S. The summed E-state index contributed by atoms with van der Waals surface area (Å²) in [5.41, 5.74) is 1.97. The highest BCUT2D eigenvalue weighted by Gasteiger charge is 2.24. The van der Waals surface area contributed by atoms with E-state index in [2.05, 4.69) is 17.4 Å². The Bertz CT molecular complexity index is 897. The lowest BCUT2D eigenvalue weighted by Crippen LogP contribution is -2.20. The molecule has 1 fully saturated rings. The Balaban J connectivity index is 1.48. The predicted molar refractivity (Wildman–Crippen MR) is 110 cm³/mol. The topological polar surface area (TPSA) is 72.5 Å². The third kappa shape index (κ3) is 5.35. The van der Waals surface area contributed by atoms with Crippen molar-refractivity contribution in [3.05, 3.63) is 54.1 Å². The molecule has 0 unspecified atom stereocenters. The molecule has 0 bridgehead atoms. The van der Waals surface area contributed by atoms with Gasteiger partial charge in [-0.15, -0.1) is 0 Å². The first-order chi connectivity index (χ1) is 13.3. The van der Waals surface area contributed by atoms with Crippen LogP contribution in [0, 0.1) is 5.92 Å². The smallest absolute Gasteiger partial charge is 0.224 e. The number of carbonyl (C=O) groups is 1. The van der Waals surface area contributed by atoms with Gasteiger partial charge in [0.15, 0.2) is 9.84 Å². The Labute approximate surface area is 167 Å². The Hall–Kier alpha value is -2.34. The fourth-order valence-corrected chi connectivity index (χ4v) is 4.47. The van der Waals surface area contributed by atoms with Gasteiger partial charge < -0.3 is 10.1 Å². The van der Waals surface area contributed by atoms with E-state index >= 15 is 0 Å². The third-order valence-electron chi connectivity index (χ3n) is 5.47. The van der Waals surface area contributed by atoms with E-state index in [1.54, 1.807) is 19.2 Å². The van der Waals surface area contributed by atoms with Crippen LogP contribution >= 0.6 is 0 Å². The first-order valence-corrected chi connectivity index (χ1v) is 11.5. The van der Waals surface area contributed by atoms with Gasteiger partial charge >= 0.3 is 0 Å². The second-order valence-corrected chi connectivity index (χ2v) is 9.56. The summed E-state index contributed by atoms with van der Waals surface area (Å²) in [7, 11) is -1.55.